The maximum absolute atomic E-state index is 13.4. The summed E-state index contributed by atoms with van der Waals surface area (Å²) in [5.41, 5.74) is 4.10. The fourth-order valence-corrected chi connectivity index (χ4v) is 4.10. The Labute approximate surface area is 168 Å². The number of thiazole rings is 1. The van der Waals surface area contributed by atoms with Crippen molar-refractivity contribution in [2.24, 2.45) is 0 Å². The van der Waals surface area contributed by atoms with Crippen LogP contribution < -0.4 is 0 Å². The van der Waals surface area contributed by atoms with Crippen LogP contribution in [0.4, 0.5) is 4.39 Å². The molecule has 0 aliphatic rings. The van der Waals surface area contributed by atoms with E-state index in [2.05, 4.69) is 34.4 Å². The van der Waals surface area contributed by atoms with Gasteiger partial charge in [-0.2, -0.15) is 0 Å². The Kier molecular flexibility index (Phi) is 5.55. The average molecular weight is 389 g/mol. The summed E-state index contributed by atoms with van der Waals surface area (Å²) in [5.74, 6) is -0.224. The van der Waals surface area contributed by atoms with Gasteiger partial charge in [0.2, 0.25) is 0 Å². The third-order valence-electron chi connectivity index (χ3n) is 4.59. The van der Waals surface area contributed by atoms with Crippen LogP contribution in [-0.2, 0) is 6.54 Å². The summed E-state index contributed by atoms with van der Waals surface area (Å²) in [6, 6.07) is 22.9. The molecule has 4 aromatic rings. The van der Waals surface area contributed by atoms with Crippen LogP contribution in [0, 0.1) is 5.82 Å². The summed E-state index contributed by atoms with van der Waals surface area (Å²) in [4.78, 5) is 11.4. The standard InChI is InChI=1S/C23H20FN3S/c1-27(15-20-16-28-23(26-20)21-9-5-6-14-25-21)22(17-7-3-2-4-8-17)18-10-12-19(24)13-11-18/h2-14,16,22H,15H2,1H3. The van der Waals surface area contributed by atoms with E-state index in [1.165, 1.54) is 12.1 Å². The molecule has 4 rings (SSSR count). The Balaban J connectivity index is 1.60. The lowest BCUT2D eigenvalue weighted by molar-refractivity contribution is 0.268. The molecule has 0 bridgehead atoms. The highest BCUT2D eigenvalue weighted by atomic mass is 32.1. The van der Waals surface area contributed by atoms with Crippen LogP contribution in [0.5, 0.6) is 0 Å². The molecular weight excluding hydrogens is 369 g/mol. The van der Waals surface area contributed by atoms with E-state index in [0.717, 1.165) is 27.5 Å². The van der Waals surface area contributed by atoms with Crippen LogP contribution in [0.25, 0.3) is 10.7 Å². The first kappa shape index (κ1) is 18.5. The van der Waals surface area contributed by atoms with Gasteiger partial charge in [-0.05, 0) is 42.4 Å². The van der Waals surface area contributed by atoms with E-state index < -0.39 is 0 Å². The zero-order valence-electron chi connectivity index (χ0n) is 15.5. The van der Waals surface area contributed by atoms with Crippen LogP contribution in [0.1, 0.15) is 22.9 Å². The third-order valence-corrected chi connectivity index (χ3v) is 5.50. The number of nitrogens with zero attached hydrogens (tertiary/aromatic N) is 3. The van der Waals surface area contributed by atoms with Crippen molar-refractivity contribution in [3.05, 3.63) is 107 Å². The van der Waals surface area contributed by atoms with Crippen molar-refractivity contribution in [2.45, 2.75) is 12.6 Å². The van der Waals surface area contributed by atoms with E-state index in [1.54, 1.807) is 17.5 Å². The molecule has 0 aliphatic heterocycles. The van der Waals surface area contributed by atoms with Crippen molar-refractivity contribution in [3.63, 3.8) is 0 Å². The highest BCUT2D eigenvalue weighted by molar-refractivity contribution is 7.13. The number of pyridine rings is 1. The lowest BCUT2D eigenvalue weighted by atomic mass is 9.97. The lowest BCUT2D eigenvalue weighted by Gasteiger charge is -2.28. The van der Waals surface area contributed by atoms with Gasteiger partial charge < -0.3 is 0 Å². The van der Waals surface area contributed by atoms with E-state index in [4.69, 9.17) is 4.98 Å². The molecule has 140 valence electrons. The quantitative estimate of drug-likeness (QED) is 0.432. The molecule has 0 N–H and O–H groups in total. The second-order valence-electron chi connectivity index (χ2n) is 6.64. The summed E-state index contributed by atoms with van der Waals surface area (Å²) in [7, 11) is 2.07. The smallest absolute Gasteiger partial charge is 0.142 e. The van der Waals surface area contributed by atoms with Crippen LogP contribution in [0.3, 0.4) is 0 Å². The Morgan fingerprint density at radius 1 is 0.929 bits per heavy atom. The van der Waals surface area contributed by atoms with E-state index in [0.29, 0.717) is 6.54 Å². The van der Waals surface area contributed by atoms with Gasteiger partial charge in [-0.3, -0.25) is 9.88 Å². The molecule has 2 aromatic heterocycles. The zero-order chi connectivity index (χ0) is 19.3. The predicted octanol–water partition coefficient (Wildman–Crippen LogP) is 5.57. The van der Waals surface area contributed by atoms with Gasteiger partial charge in [0.1, 0.15) is 10.8 Å². The summed E-state index contributed by atoms with van der Waals surface area (Å²) < 4.78 is 13.4. The van der Waals surface area contributed by atoms with Gasteiger partial charge in [0.25, 0.3) is 0 Å². The Bertz CT molecular complexity index is 1020. The van der Waals surface area contributed by atoms with Crippen molar-refractivity contribution in [1.82, 2.24) is 14.9 Å². The van der Waals surface area contributed by atoms with Gasteiger partial charge in [-0.15, -0.1) is 11.3 Å². The number of hydrogen-bond acceptors (Lipinski definition) is 4. The summed E-state index contributed by atoms with van der Waals surface area (Å²) in [5, 5.41) is 3.00. The SMILES string of the molecule is CN(Cc1csc(-c2ccccn2)n1)C(c1ccccc1)c1ccc(F)cc1. The van der Waals surface area contributed by atoms with Gasteiger partial charge >= 0.3 is 0 Å². The first-order chi connectivity index (χ1) is 13.7. The topological polar surface area (TPSA) is 29.0 Å². The van der Waals surface area contributed by atoms with Gasteiger partial charge in [0.15, 0.2) is 0 Å². The zero-order valence-corrected chi connectivity index (χ0v) is 16.3. The second kappa shape index (κ2) is 8.42. The number of halogens is 1. The van der Waals surface area contributed by atoms with E-state index in [-0.39, 0.29) is 11.9 Å². The summed E-state index contributed by atoms with van der Waals surface area (Å²) in [6.07, 6.45) is 1.78. The lowest BCUT2D eigenvalue weighted by Crippen LogP contribution is -2.25. The second-order valence-corrected chi connectivity index (χ2v) is 7.50. The molecule has 0 radical (unpaired) electrons. The van der Waals surface area contributed by atoms with Crippen molar-refractivity contribution in [3.8, 4) is 10.7 Å². The van der Waals surface area contributed by atoms with Gasteiger partial charge in [0.05, 0.1) is 17.4 Å². The number of hydrogen-bond donors (Lipinski definition) is 0. The minimum atomic E-state index is -0.224. The fraction of sp³-hybridized carbons (Fsp3) is 0.130. The highest BCUT2D eigenvalue weighted by Gasteiger charge is 2.20. The van der Waals surface area contributed by atoms with Crippen molar-refractivity contribution < 1.29 is 4.39 Å². The Morgan fingerprint density at radius 3 is 2.36 bits per heavy atom. The van der Waals surface area contributed by atoms with E-state index in [1.807, 2.05) is 48.5 Å². The van der Waals surface area contributed by atoms with Crippen molar-refractivity contribution >= 4 is 11.3 Å². The Morgan fingerprint density at radius 2 is 1.64 bits per heavy atom. The summed E-state index contributed by atoms with van der Waals surface area (Å²) >= 11 is 1.60. The molecule has 3 nitrogen and oxygen atoms in total. The van der Waals surface area contributed by atoms with Gasteiger partial charge in [-0.1, -0.05) is 48.5 Å². The molecule has 28 heavy (non-hydrogen) atoms. The molecule has 0 saturated carbocycles. The van der Waals surface area contributed by atoms with Crippen molar-refractivity contribution in [2.75, 3.05) is 7.05 Å². The minimum absolute atomic E-state index is 0.0156. The molecule has 0 amide bonds. The molecule has 0 fully saturated rings. The largest absolute Gasteiger partial charge is 0.290 e. The van der Waals surface area contributed by atoms with Crippen LogP contribution in [0.2, 0.25) is 0 Å². The number of rotatable bonds is 6. The monoisotopic (exact) mass is 389 g/mol. The average Bonchev–Trinajstić information content (AvgIpc) is 3.20. The molecule has 0 saturated heterocycles. The molecule has 5 heteroatoms. The maximum atomic E-state index is 13.4. The molecule has 1 atom stereocenters. The normalized spacial score (nSPS) is 12.2. The van der Waals surface area contributed by atoms with Crippen molar-refractivity contribution in [1.29, 1.82) is 0 Å². The minimum Gasteiger partial charge on any atom is -0.290 e. The maximum Gasteiger partial charge on any atom is 0.142 e. The third kappa shape index (κ3) is 4.16. The Hall–Kier alpha value is -2.89. The molecule has 1 unspecified atom stereocenters. The fourth-order valence-electron chi connectivity index (χ4n) is 3.32. The van der Waals surface area contributed by atoms with E-state index >= 15 is 0 Å². The van der Waals surface area contributed by atoms with Crippen LogP contribution >= 0.6 is 11.3 Å². The van der Waals surface area contributed by atoms with Crippen LogP contribution in [0.15, 0.2) is 84.4 Å². The van der Waals surface area contributed by atoms with E-state index in [9.17, 15) is 4.39 Å². The summed E-state index contributed by atoms with van der Waals surface area (Å²) in [6.45, 7) is 0.681. The van der Waals surface area contributed by atoms with Gasteiger partial charge in [0, 0.05) is 18.1 Å². The molecule has 0 aliphatic carbocycles. The molecule has 2 heterocycles. The van der Waals surface area contributed by atoms with Gasteiger partial charge in [-0.25, -0.2) is 9.37 Å². The first-order valence-electron chi connectivity index (χ1n) is 9.07. The number of aromatic nitrogens is 2. The first-order valence-corrected chi connectivity index (χ1v) is 9.95. The molecule has 0 spiro atoms. The highest BCUT2D eigenvalue weighted by Crippen LogP contribution is 2.30. The molecule has 2 aromatic carbocycles. The predicted molar refractivity (Wildman–Crippen MR) is 111 cm³/mol. The van der Waals surface area contributed by atoms with Crippen LogP contribution in [-0.4, -0.2) is 21.9 Å². The number of benzene rings is 2. The molecular formula is C23H20FN3S.